The molecule has 2 unspecified atom stereocenters. The molecule has 9 heteroatoms. The highest BCUT2D eigenvalue weighted by Crippen LogP contribution is 2.40. The Bertz CT molecular complexity index is 1290. The van der Waals surface area contributed by atoms with Crippen molar-refractivity contribution in [2.45, 2.75) is 31.8 Å². The molecule has 1 fully saturated rings. The largest absolute Gasteiger partial charge is 0.487 e. The zero-order valence-electron chi connectivity index (χ0n) is 18.4. The summed E-state index contributed by atoms with van der Waals surface area (Å²) >= 11 is 1.38. The number of ether oxygens (including phenoxy) is 1. The number of hydrogen-bond acceptors (Lipinski definition) is 6. The van der Waals surface area contributed by atoms with Gasteiger partial charge in [0, 0.05) is 24.2 Å². The lowest BCUT2D eigenvalue weighted by atomic mass is 9.94. The van der Waals surface area contributed by atoms with Crippen LogP contribution in [-0.4, -0.2) is 36.7 Å². The van der Waals surface area contributed by atoms with Gasteiger partial charge in [-0.25, -0.2) is 13.4 Å². The molecule has 1 aromatic heterocycles. The number of para-hydroxylation sites is 1. The number of nitrogens with one attached hydrogen (secondary N) is 1. The monoisotopic (exact) mass is 483 g/mol. The minimum Gasteiger partial charge on any atom is -0.487 e. The van der Waals surface area contributed by atoms with Gasteiger partial charge in [-0.3, -0.25) is 10.1 Å². The van der Waals surface area contributed by atoms with E-state index in [0.29, 0.717) is 42.2 Å². The lowest BCUT2D eigenvalue weighted by molar-refractivity contribution is 0.102. The molecule has 172 valence electrons. The van der Waals surface area contributed by atoms with Crippen molar-refractivity contribution < 1.29 is 17.9 Å². The minimum absolute atomic E-state index is 0.207. The van der Waals surface area contributed by atoms with E-state index >= 15 is 0 Å². The van der Waals surface area contributed by atoms with Crippen LogP contribution in [0.1, 0.15) is 35.5 Å². The number of carbonyl (C=O) groups is 1. The molecule has 3 heterocycles. The van der Waals surface area contributed by atoms with E-state index in [2.05, 4.69) is 24.1 Å². The lowest BCUT2D eigenvalue weighted by Gasteiger charge is -2.34. The van der Waals surface area contributed by atoms with Crippen LogP contribution >= 0.6 is 11.3 Å². The fraction of sp³-hybridized carbons (Fsp3) is 0.333. The van der Waals surface area contributed by atoms with Gasteiger partial charge in [-0.05, 0) is 54.7 Å². The average molecular weight is 484 g/mol. The molecule has 2 aliphatic rings. The van der Waals surface area contributed by atoms with Crippen LogP contribution in [0.2, 0.25) is 0 Å². The molecule has 3 aromatic rings. The van der Waals surface area contributed by atoms with E-state index in [4.69, 9.17) is 4.74 Å². The second-order valence-corrected chi connectivity index (χ2v) is 11.8. The molecule has 2 aromatic carbocycles. The third-order valence-electron chi connectivity index (χ3n) is 6.01. The van der Waals surface area contributed by atoms with Crippen molar-refractivity contribution in [1.29, 1.82) is 0 Å². The zero-order chi connectivity index (χ0) is 23.2. The number of piperidine rings is 1. The van der Waals surface area contributed by atoms with Gasteiger partial charge in [0.1, 0.15) is 12.4 Å². The molecule has 0 radical (unpaired) electrons. The number of rotatable bonds is 4. The first-order valence-electron chi connectivity index (χ1n) is 10.9. The van der Waals surface area contributed by atoms with Crippen molar-refractivity contribution in [2.24, 2.45) is 11.8 Å². The standard InChI is InChI=1S/C24H25N3O4S2/c1-15-11-16(2)13-27(12-15)33(29,30)18-9-7-17(8-10-18)23(28)26-24-25-22-19-5-3-4-6-20(19)31-14-21(22)32-24/h3-10,15-16H,11-14H2,1-2H3,(H,25,26,28). The van der Waals surface area contributed by atoms with Crippen LogP contribution in [0, 0.1) is 11.8 Å². The summed E-state index contributed by atoms with van der Waals surface area (Å²) in [7, 11) is -3.58. The van der Waals surface area contributed by atoms with E-state index in [1.807, 2.05) is 24.3 Å². The predicted molar refractivity (Wildman–Crippen MR) is 128 cm³/mol. The van der Waals surface area contributed by atoms with Gasteiger partial charge in [0.05, 0.1) is 15.5 Å². The number of fused-ring (bicyclic) bond motifs is 3. The highest BCUT2D eigenvalue weighted by molar-refractivity contribution is 7.89. The summed E-state index contributed by atoms with van der Waals surface area (Å²) in [6, 6.07) is 13.8. The Morgan fingerprint density at radius 2 is 1.79 bits per heavy atom. The zero-order valence-corrected chi connectivity index (χ0v) is 20.1. The summed E-state index contributed by atoms with van der Waals surface area (Å²) in [5.41, 5.74) is 2.11. The van der Waals surface area contributed by atoms with Crippen LogP contribution in [0.4, 0.5) is 5.13 Å². The number of benzene rings is 2. The van der Waals surface area contributed by atoms with Crippen molar-refractivity contribution in [1.82, 2.24) is 9.29 Å². The van der Waals surface area contributed by atoms with Crippen molar-refractivity contribution in [3.05, 3.63) is 59.0 Å². The number of sulfonamides is 1. The summed E-state index contributed by atoms with van der Waals surface area (Å²) in [5.74, 6) is 1.10. The maximum atomic E-state index is 13.1. The van der Waals surface area contributed by atoms with Gasteiger partial charge in [0.15, 0.2) is 5.13 Å². The summed E-state index contributed by atoms with van der Waals surface area (Å²) in [5, 5.41) is 3.32. The van der Waals surface area contributed by atoms with Crippen molar-refractivity contribution >= 4 is 32.4 Å². The topological polar surface area (TPSA) is 88.6 Å². The van der Waals surface area contributed by atoms with E-state index < -0.39 is 10.0 Å². The molecule has 0 bridgehead atoms. The van der Waals surface area contributed by atoms with Crippen molar-refractivity contribution in [3.8, 4) is 17.0 Å². The highest BCUT2D eigenvalue weighted by Gasteiger charge is 2.31. The van der Waals surface area contributed by atoms with Crippen LogP contribution in [0.15, 0.2) is 53.4 Å². The van der Waals surface area contributed by atoms with Crippen LogP contribution in [0.5, 0.6) is 5.75 Å². The summed E-state index contributed by atoms with van der Waals surface area (Å²) in [4.78, 5) is 18.5. The SMILES string of the molecule is CC1CC(C)CN(S(=O)(=O)c2ccc(C(=O)Nc3nc4c(s3)COc3ccccc3-4)cc2)C1. The minimum atomic E-state index is -3.58. The summed E-state index contributed by atoms with van der Waals surface area (Å²) < 4.78 is 33.5. The second-order valence-electron chi connectivity index (χ2n) is 8.82. The van der Waals surface area contributed by atoms with Gasteiger partial charge >= 0.3 is 0 Å². The third kappa shape index (κ3) is 4.28. The second kappa shape index (κ2) is 8.55. The first-order chi connectivity index (χ1) is 15.8. The lowest BCUT2D eigenvalue weighted by Crippen LogP contribution is -2.42. The number of anilines is 1. The molecule has 1 saturated heterocycles. The fourth-order valence-corrected chi connectivity index (χ4v) is 7.11. The van der Waals surface area contributed by atoms with E-state index in [1.165, 1.54) is 23.5 Å². The molecule has 1 N–H and O–H groups in total. The highest BCUT2D eigenvalue weighted by atomic mass is 32.2. The molecule has 2 aliphatic heterocycles. The maximum absolute atomic E-state index is 13.1. The molecular formula is C24H25N3O4S2. The number of hydrogen-bond donors (Lipinski definition) is 1. The Morgan fingerprint density at radius 3 is 2.52 bits per heavy atom. The molecule has 2 atom stereocenters. The number of carbonyl (C=O) groups excluding carboxylic acids is 1. The maximum Gasteiger partial charge on any atom is 0.257 e. The Morgan fingerprint density at radius 1 is 1.09 bits per heavy atom. The number of thiazole rings is 1. The molecule has 0 aliphatic carbocycles. The van der Waals surface area contributed by atoms with E-state index in [1.54, 1.807) is 16.4 Å². The third-order valence-corrected chi connectivity index (χ3v) is 8.80. The van der Waals surface area contributed by atoms with Gasteiger partial charge in [-0.1, -0.05) is 37.3 Å². The summed E-state index contributed by atoms with van der Waals surface area (Å²) in [6.07, 6.45) is 1.03. The summed E-state index contributed by atoms with van der Waals surface area (Å²) in [6.45, 7) is 5.62. The predicted octanol–water partition coefficient (Wildman–Crippen LogP) is 4.62. The Labute approximate surface area is 197 Å². The molecule has 0 spiro atoms. The molecule has 33 heavy (non-hydrogen) atoms. The first-order valence-corrected chi connectivity index (χ1v) is 13.2. The van der Waals surface area contributed by atoms with Gasteiger partial charge in [0.25, 0.3) is 5.91 Å². The van der Waals surface area contributed by atoms with Crippen molar-refractivity contribution in [2.75, 3.05) is 18.4 Å². The van der Waals surface area contributed by atoms with E-state index in [-0.39, 0.29) is 10.8 Å². The van der Waals surface area contributed by atoms with Crippen LogP contribution < -0.4 is 10.1 Å². The molecule has 5 rings (SSSR count). The molecule has 0 saturated carbocycles. The van der Waals surface area contributed by atoms with Gasteiger partial charge in [-0.15, -0.1) is 0 Å². The van der Waals surface area contributed by atoms with Crippen LogP contribution in [0.25, 0.3) is 11.3 Å². The Balaban J connectivity index is 1.32. The van der Waals surface area contributed by atoms with E-state index in [9.17, 15) is 13.2 Å². The number of amides is 1. The van der Waals surface area contributed by atoms with Crippen molar-refractivity contribution in [3.63, 3.8) is 0 Å². The fourth-order valence-electron chi connectivity index (χ4n) is 4.54. The van der Waals surface area contributed by atoms with Gasteiger partial charge in [0.2, 0.25) is 10.0 Å². The molecule has 1 amide bonds. The van der Waals surface area contributed by atoms with Crippen LogP contribution in [-0.2, 0) is 16.6 Å². The number of nitrogens with zero attached hydrogens (tertiary/aromatic N) is 2. The quantitative estimate of drug-likeness (QED) is 0.585. The van der Waals surface area contributed by atoms with Gasteiger partial charge in [-0.2, -0.15) is 4.31 Å². The van der Waals surface area contributed by atoms with E-state index in [0.717, 1.165) is 28.3 Å². The first kappa shape index (κ1) is 22.1. The Hall–Kier alpha value is -2.75. The Kier molecular flexibility index (Phi) is 5.72. The smallest absolute Gasteiger partial charge is 0.257 e. The average Bonchev–Trinajstić information content (AvgIpc) is 3.21. The molecular weight excluding hydrogens is 458 g/mol. The van der Waals surface area contributed by atoms with Gasteiger partial charge < -0.3 is 4.74 Å². The molecule has 7 nitrogen and oxygen atoms in total. The number of aromatic nitrogens is 1. The van der Waals surface area contributed by atoms with Crippen LogP contribution in [0.3, 0.4) is 0 Å². The normalized spacial score (nSPS) is 20.4.